The highest BCUT2D eigenvalue weighted by Gasteiger charge is 2.16. The summed E-state index contributed by atoms with van der Waals surface area (Å²) in [6.07, 6.45) is 0.0723. The molecule has 0 radical (unpaired) electrons. The van der Waals surface area contributed by atoms with Gasteiger partial charge in [0.15, 0.2) is 6.61 Å². The monoisotopic (exact) mass is 343 g/mol. The van der Waals surface area contributed by atoms with Gasteiger partial charge in [-0.3, -0.25) is 4.79 Å². The van der Waals surface area contributed by atoms with Crippen molar-refractivity contribution in [2.45, 2.75) is 12.5 Å². The molecule has 132 valence electrons. The van der Waals surface area contributed by atoms with Gasteiger partial charge in [-0.25, -0.2) is 0 Å². The van der Waals surface area contributed by atoms with E-state index in [4.69, 9.17) is 14.2 Å². The molecule has 2 N–H and O–H groups in total. The van der Waals surface area contributed by atoms with Crippen LogP contribution in [0.2, 0.25) is 0 Å². The van der Waals surface area contributed by atoms with Crippen LogP contribution in [0.1, 0.15) is 17.2 Å². The van der Waals surface area contributed by atoms with Gasteiger partial charge in [0.1, 0.15) is 17.2 Å². The molecule has 3 rings (SSSR count). The molecule has 6 heteroatoms. The van der Waals surface area contributed by atoms with Crippen molar-refractivity contribution in [3.63, 3.8) is 0 Å². The second-order valence-electron chi connectivity index (χ2n) is 5.75. The largest absolute Gasteiger partial charge is 0.497 e. The maximum Gasteiger partial charge on any atom is 0.258 e. The maximum atomic E-state index is 11.9. The molecule has 0 saturated heterocycles. The minimum Gasteiger partial charge on any atom is -0.497 e. The van der Waals surface area contributed by atoms with Crippen LogP contribution in [-0.2, 0) is 11.2 Å². The third-order valence-electron chi connectivity index (χ3n) is 4.00. The summed E-state index contributed by atoms with van der Waals surface area (Å²) in [6, 6.07) is 12.6. The lowest BCUT2D eigenvalue weighted by molar-refractivity contribution is -0.123. The molecule has 0 fully saturated rings. The summed E-state index contributed by atoms with van der Waals surface area (Å²) in [6.45, 7) is 0.672. The number of benzene rings is 2. The van der Waals surface area contributed by atoms with Crippen LogP contribution in [0.5, 0.6) is 17.2 Å². The molecule has 0 aliphatic carbocycles. The number of fused-ring (bicyclic) bond motifs is 1. The summed E-state index contributed by atoms with van der Waals surface area (Å²) < 4.78 is 16.0. The first-order valence-electron chi connectivity index (χ1n) is 8.13. The average molecular weight is 343 g/mol. The van der Waals surface area contributed by atoms with Gasteiger partial charge in [-0.15, -0.1) is 0 Å². The minimum absolute atomic E-state index is 0.125. The molecule has 0 bridgehead atoms. The number of rotatable bonds is 7. The molecule has 1 amide bonds. The maximum absolute atomic E-state index is 11.9. The van der Waals surface area contributed by atoms with Crippen molar-refractivity contribution < 1.29 is 24.1 Å². The Morgan fingerprint density at radius 3 is 2.96 bits per heavy atom. The fourth-order valence-electron chi connectivity index (χ4n) is 2.63. The smallest absolute Gasteiger partial charge is 0.258 e. The molecule has 1 aliphatic rings. The van der Waals surface area contributed by atoms with Gasteiger partial charge < -0.3 is 24.6 Å². The zero-order valence-electron chi connectivity index (χ0n) is 14.0. The third kappa shape index (κ3) is 4.42. The summed E-state index contributed by atoms with van der Waals surface area (Å²) in [7, 11) is 1.57. The SMILES string of the molecule is COc1cccc(OCC(=O)NCC(O)c2ccc3c(c2)CCO3)c1. The number of hydrogen-bond acceptors (Lipinski definition) is 5. The number of amides is 1. The van der Waals surface area contributed by atoms with E-state index in [1.54, 1.807) is 31.4 Å². The highest BCUT2D eigenvalue weighted by atomic mass is 16.5. The molecular weight excluding hydrogens is 322 g/mol. The summed E-state index contributed by atoms with van der Waals surface area (Å²) in [5.41, 5.74) is 1.85. The van der Waals surface area contributed by atoms with Crippen molar-refractivity contribution in [3.8, 4) is 17.2 Å². The van der Waals surface area contributed by atoms with E-state index in [1.165, 1.54) is 0 Å². The molecule has 0 spiro atoms. The Balaban J connectivity index is 1.46. The Bertz CT molecular complexity index is 746. The first kappa shape index (κ1) is 17.1. The molecule has 25 heavy (non-hydrogen) atoms. The Morgan fingerprint density at radius 2 is 2.12 bits per heavy atom. The normalized spacial score (nSPS) is 13.5. The van der Waals surface area contributed by atoms with Crippen molar-refractivity contribution in [1.29, 1.82) is 0 Å². The predicted molar refractivity (Wildman–Crippen MR) is 92.1 cm³/mol. The van der Waals surface area contributed by atoms with Gasteiger partial charge in [-0.05, 0) is 35.4 Å². The Hall–Kier alpha value is -2.73. The fraction of sp³-hybridized carbons (Fsp3) is 0.316. The molecule has 1 atom stereocenters. The van der Waals surface area contributed by atoms with E-state index < -0.39 is 6.10 Å². The second kappa shape index (κ2) is 7.90. The van der Waals surface area contributed by atoms with Crippen molar-refractivity contribution in [1.82, 2.24) is 5.32 Å². The van der Waals surface area contributed by atoms with Crippen LogP contribution in [0.25, 0.3) is 0 Å². The van der Waals surface area contributed by atoms with Crippen LogP contribution in [0, 0.1) is 0 Å². The number of ether oxygens (including phenoxy) is 3. The quantitative estimate of drug-likeness (QED) is 0.802. The number of aliphatic hydroxyl groups is 1. The Morgan fingerprint density at radius 1 is 1.28 bits per heavy atom. The average Bonchev–Trinajstić information content (AvgIpc) is 3.12. The van der Waals surface area contributed by atoms with Gasteiger partial charge in [0.05, 0.1) is 19.8 Å². The molecule has 1 heterocycles. The lowest BCUT2D eigenvalue weighted by Crippen LogP contribution is -2.32. The lowest BCUT2D eigenvalue weighted by atomic mass is 10.0. The van der Waals surface area contributed by atoms with E-state index in [1.807, 2.05) is 18.2 Å². The molecule has 0 aromatic heterocycles. The number of carbonyl (C=O) groups excluding carboxylic acids is 1. The second-order valence-corrected chi connectivity index (χ2v) is 5.75. The van der Waals surface area contributed by atoms with Gasteiger partial charge in [0, 0.05) is 19.0 Å². The first-order valence-corrected chi connectivity index (χ1v) is 8.13. The van der Waals surface area contributed by atoms with Gasteiger partial charge in [0.2, 0.25) is 0 Å². The molecule has 6 nitrogen and oxygen atoms in total. The van der Waals surface area contributed by atoms with Crippen LogP contribution in [-0.4, -0.2) is 37.9 Å². The van der Waals surface area contributed by atoms with E-state index >= 15 is 0 Å². The zero-order valence-corrected chi connectivity index (χ0v) is 14.0. The number of aliphatic hydroxyl groups excluding tert-OH is 1. The van der Waals surface area contributed by atoms with Crippen LogP contribution in [0.15, 0.2) is 42.5 Å². The van der Waals surface area contributed by atoms with E-state index in [2.05, 4.69) is 5.32 Å². The van der Waals surface area contributed by atoms with E-state index in [-0.39, 0.29) is 19.1 Å². The van der Waals surface area contributed by atoms with E-state index in [0.717, 1.165) is 23.3 Å². The van der Waals surface area contributed by atoms with E-state index in [9.17, 15) is 9.90 Å². The van der Waals surface area contributed by atoms with Gasteiger partial charge in [-0.1, -0.05) is 12.1 Å². The van der Waals surface area contributed by atoms with Crippen LogP contribution < -0.4 is 19.5 Å². The molecule has 1 aliphatic heterocycles. The highest BCUT2D eigenvalue weighted by Crippen LogP contribution is 2.28. The number of hydrogen-bond donors (Lipinski definition) is 2. The Labute approximate surface area is 146 Å². The highest BCUT2D eigenvalue weighted by molar-refractivity contribution is 5.77. The zero-order chi connectivity index (χ0) is 17.6. The minimum atomic E-state index is -0.772. The Kier molecular flexibility index (Phi) is 5.40. The molecule has 2 aromatic carbocycles. The van der Waals surface area contributed by atoms with E-state index in [0.29, 0.717) is 18.1 Å². The summed E-state index contributed by atoms with van der Waals surface area (Å²) >= 11 is 0. The van der Waals surface area contributed by atoms with Crippen molar-refractivity contribution in [2.24, 2.45) is 0 Å². The fourth-order valence-corrected chi connectivity index (χ4v) is 2.63. The predicted octanol–water partition coefficient (Wildman–Crippen LogP) is 1.86. The van der Waals surface area contributed by atoms with Gasteiger partial charge in [0.25, 0.3) is 5.91 Å². The lowest BCUT2D eigenvalue weighted by Gasteiger charge is -2.14. The summed E-state index contributed by atoms with van der Waals surface area (Å²) in [4.78, 5) is 11.9. The molecular formula is C19H21NO5. The molecule has 2 aromatic rings. The third-order valence-corrected chi connectivity index (χ3v) is 4.00. The van der Waals surface area contributed by atoms with Crippen molar-refractivity contribution in [3.05, 3.63) is 53.6 Å². The van der Waals surface area contributed by atoms with Crippen LogP contribution in [0.4, 0.5) is 0 Å². The number of nitrogens with one attached hydrogen (secondary N) is 1. The number of methoxy groups -OCH3 is 1. The van der Waals surface area contributed by atoms with Gasteiger partial charge in [-0.2, -0.15) is 0 Å². The summed E-state index contributed by atoms with van der Waals surface area (Å²) in [5, 5.41) is 12.9. The van der Waals surface area contributed by atoms with Crippen molar-refractivity contribution in [2.75, 3.05) is 26.9 Å². The van der Waals surface area contributed by atoms with Crippen molar-refractivity contribution >= 4 is 5.91 Å². The summed E-state index contributed by atoms with van der Waals surface area (Å²) in [5.74, 6) is 1.78. The molecule has 0 saturated carbocycles. The van der Waals surface area contributed by atoms with Crippen LogP contribution in [0.3, 0.4) is 0 Å². The first-order chi connectivity index (χ1) is 12.2. The number of carbonyl (C=O) groups is 1. The topological polar surface area (TPSA) is 77.0 Å². The standard InChI is InChI=1S/C19H21NO5/c1-23-15-3-2-4-16(10-15)25-12-19(22)20-11-17(21)13-5-6-18-14(9-13)7-8-24-18/h2-6,9-10,17,21H,7-8,11-12H2,1H3,(H,20,22). The van der Waals surface area contributed by atoms with Gasteiger partial charge >= 0.3 is 0 Å². The van der Waals surface area contributed by atoms with Crippen LogP contribution >= 0.6 is 0 Å². The molecule has 1 unspecified atom stereocenters.